The van der Waals surface area contributed by atoms with E-state index < -0.39 is 17.6 Å². The maximum absolute atomic E-state index is 13.8. The quantitative estimate of drug-likeness (QED) is 0.872. The lowest BCUT2D eigenvalue weighted by Crippen LogP contribution is -2.23. The molecule has 0 aromatic heterocycles. The molecule has 0 unspecified atom stereocenters. The Kier molecular flexibility index (Phi) is 5.88. The van der Waals surface area contributed by atoms with Gasteiger partial charge < -0.3 is 10.6 Å². The van der Waals surface area contributed by atoms with Crippen molar-refractivity contribution >= 4 is 29.1 Å². The Morgan fingerprint density at radius 2 is 1.92 bits per heavy atom. The highest BCUT2D eigenvalue weighted by Gasteiger charge is 2.17. The Balaban J connectivity index is 2.17. The zero-order valence-corrected chi connectivity index (χ0v) is 13.2. The number of para-hydroxylation sites is 1. The van der Waals surface area contributed by atoms with Gasteiger partial charge in [0, 0.05) is 12.2 Å². The fraction of sp³-hybridized carbons (Fsp3) is 0.118. The average molecular weight is 346 g/mol. The highest BCUT2D eigenvalue weighted by atomic mass is 35.5. The molecule has 0 aliphatic rings. The van der Waals surface area contributed by atoms with Crippen molar-refractivity contribution in [1.82, 2.24) is 5.32 Å². The molecule has 122 valence electrons. The largest absolute Gasteiger partial charge is 0.351 e. The van der Waals surface area contributed by atoms with Crippen LogP contribution in [0.2, 0.25) is 5.02 Å². The lowest BCUT2D eigenvalue weighted by Gasteiger charge is -2.12. The molecule has 2 rings (SSSR count). The van der Waals surface area contributed by atoms with Crippen LogP contribution in [0.1, 0.15) is 22.3 Å². The van der Waals surface area contributed by atoms with Crippen LogP contribution in [0.5, 0.6) is 0 Å². The maximum Gasteiger partial charge on any atom is 0.260 e. The SMILES string of the molecule is N#CCC(=O)NCc1ccccc1NC(=O)c1c(F)cccc1Cl. The number of carbonyl (C=O) groups is 2. The molecule has 0 radical (unpaired) electrons. The average Bonchev–Trinajstić information content (AvgIpc) is 2.54. The molecule has 0 spiro atoms. The molecule has 2 amide bonds. The molecule has 24 heavy (non-hydrogen) atoms. The smallest absolute Gasteiger partial charge is 0.260 e. The van der Waals surface area contributed by atoms with E-state index in [1.165, 1.54) is 12.1 Å². The molecule has 2 N–H and O–H groups in total. The number of nitrogens with zero attached hydrogens (tertiary/aromatic N) is 1. The number of hydrogen-bond donors (Lipinski definition) is 2. The molecule has 2 aromatic rings. The number of nitrogens with one attached hydrogen (secondary N) is 2. The topological polar surface area (TPSA) is 82.0 Å². The van der Waals surface area contributed by atoms with Crippen LogP contribution in [0.15, 0.2) is 42.5 Å². The molecule has 0 aliphatic heterocycles. The fourth-order valence-electron chi connectivity index (χ4n) is 2.02. The highest BCUT2D eigenvalue weighted by Crippen LogP contribution is 2.22. The summed E-state index contributed by atoms with van der Waals surface area (Å²) in [5, 5.41) is 13.6. The Labute approximate surface area is 143 Å². The summed E-state index contributed by atoms with van der Waals surface area (Å²) in [6.45, 7) is 0.127. The van der Waals surface area contributed by atoms with E-state index in [9.17, 15) is 14.0 Å². The van der Waals surface area contributed by atoms with Crippen LogP contribution in [0.4, 0.5) is 10.1 Å². The van der Waals surface area contributed by atoms with E-state index in [2.05, 4.69) is 10.6 Å². The summed E-state index contributed by atoms with van der Waals surface area (Å²) in [5.41, 5.74) is 0.783. The Morgan fingerprint density at radius 3 is 2.62 bits per heavy atom. The highest BCUT2D eigenvalue weighted by molar-refractivity contribution is 6.34. The number of halogens is 2. The Morgan fingerprint density at radius 1 is 1.17 bits per heavy atom. The van der Waals surface area contributed by atoms with Crippen molar-refractivity contribution < 1.29 is 14.0 Å². The Bertz CT molecular complexity index is 797. The van der Waals surface area contributed by atoms with Gasteiger partial charge in [0.2, 0.25) is 5.91 Å². The maximum atomic E-state index is 13.8. The van der Waals surface area contributed by atoms with Gasteiger partial charge in [0.05, 0.1) is 16.7 Å². The van der Waals surface area contributed by atoms with E-state index in [1.54, 1.807) is 30.3 Å². The van der Waals surface area contributed by atoms with Crippen LogP contribution in [0.25, 0.3) is 0 Å². The number of carbonyl (C=O) groups excluding carboxylic acids is 2. The van der Waals surface area contributed by atoms with Crippen molar-refractivity contribution in [3.8, 4) is 6.07 Å². The second-order valence-electron chi connectivity index (χ2n) is 4.82. The first-order chi connectivity index (χ1) is 11.5. The van der Waals surface area contributed by atoms with Crippen molar-refractivity contribution in [2.45, 2.75) is 13.0 Å². The second kappa shape index (κ2) is 8.09. The summed E-state index contributed by atoms with van der Waals surface area (Å²) in [6.07, 6.45) is -0.251. The normalized spacial score (nSPS) is 9.88. The molecule has 0 bridgehead atoms. The third kappa shape index (κ3) is 4.31. The van der Waals surface area contributed by atoms with Crippen LogP contribution >= 0.6 is 11.6 Å². The molecule has 7 heteroatoms. The third-order valence-corrected chi connectivity index (χ3v) is 3.49. The molecular formula is C17H13ClFN3O2. The minimum absolute atomic E-state index is 0.00676. The fourth-order valence-corrected chi connectivity index (χ4v) is 2.27. The second-order valence-corrected chi connectivity index (χ2v) is 5.23. The lowest BCUT2D eigenvalue weighted by molar-refractivity contribution is -0.120. The molecule has 0 fully saturated rings. The molecular weight excluding hydrogens is 333 g/mol. The first-order valence-electron chi connectivity index (χ1n) is 7.00. The van der Waals surface area contributed by atoms with Gasteiger partial charge >= 0.3 is 0 Å². The number of hydrogen-bond acceptors (Lipinski definition) is 3. The van der Waals surface area contributed by atoms with Crippen LogP contribution in [0, 0.1) is 17.1 Å². The van der Waals surface area contributed by atoms with E-state index in [0.29, 0.717) is 11.3 Å². The number of benzene rings is 2. The van der Waals surface area contributed by atoms with Crippen molar-refractivity contribution in [3.63, 3.8) is 0 Å². The van der Waals surface area contributed by atoms with Gasteiger partial charge in [-0.05, 0) is 23.8 Å². The molecule has 5 nitrogen and oxygen atoms in total. The minimum Gasteiger partial charge on any atom is -0.351 e. The van der Waals surface area contributed by atoms with Crippen LogP contribution in [0.3, 0.4) is 0 Å². The summed E-state index contributed by atoms with van der Waals surface area (Å²) in [4.78, 5) is 23.7. The van der Waals surface area contributed by atoms with Gasteiger partial charge in [-0.15, -0.1) is 0 Å². The standard InChI is InChI=1S/C17H13ClFN3O2/c18-12-5-3-6-13(19)16(12)17(24)22-14-7-2-1-4-11(14)10-21-15(23)8-9-20/h1-7H,8,10H2,(H,21,23)(H,22,24). The molecule has 0 aliphatic carbocycles. The van der Waals surface area contributed by atoms with Gasteiger partial charge in [0.1, 0.15) is 12.2 Å². The first-order valence-corrected chi connectivity index (χ1v) is 7.37. The number of amides is 2. The van der Waals surface area contributed by atoms with E-state index in [0.717, 1.165) is 6.07 Å². The van der Waals surface area contributed by atoms with Gasteiger partial charge in [0.25, 0.3) is 5.91 Å². The number of anilines is 1. The van der Waals surface area contributed by atoms with Gasteiger partial charge in [-0.25, -0.2) is 4.39 Å². The minimum atomic E-state index is -0.722. The van der Waals surface area contributed by atoms with Crippen molar-refractivity contribution in [1.29, 1.82) is 5.26 Å². The van der Waals surface area contributed by atoms with Crippen molar-refractivity contribution in [2.75, 3.05) is 5.32 Å². The molecule has 0 atom stereocenters. The molecule has 0 saturated carbocycles. The van der Waals surface area contributed by atoms with Crippen LogP contribution in [-0.2, 0) is 11.3 Å². The van der Waals surface area contributed by atoms with E-state index >= 15 is 0 Å². The summed E-state index contributed by atoms with van der Waals surface area (Å²) in [5.74, 6) is -1.83. The number of rotatable bonds is 5. The van der Waals surface area contributed by atoms with Gasteiger partial charge in [-0.1, -0.05) is 35.9 Å². The molecule has 0 heterocycles. The van der Waals surface area contributed by atoms with Crippen LogP contribution in [-0.4, -0.2) is 11.8 Å². The van der Waals surface area contributed by atoms with E-state index in [4.69, 9.17) is 16.9 Å². The van der Waals surface area contributed by atoms with Crippen LogP contribution < -0.4 is 10.6 Å². The third-order valence-electron chi connectivity index (χ3n) is 3.17. The number of nitriles is 1. The summed E-state index contributed by atoms with van der Waals surface area (Å²) < 4.78 is 13.8. The van der Waals surface area contributed by atoms with Gasteiger partial charge in [0.15, 0.2) is 0 Å². The summed E-state index contributed by atoms with van der Waals surface area (Å²) in [7, 11) is 0. The van der Waals surface area contributed by atoms with Gasteiger partial charge in [-0.3, -0.25) is 9.59 Å². The predicted octanol–water partition coefficient (Wildman–Crippen LogP) is 3.26. The zero-order chi connectivity index (χ0) is 17.5. The predicted molar refractivity (Wildman–Crippen MR) is 87.9 cm³/mol. The van der Waals surface area contributed by atoms with Gasteiger partial charge in [-0.2, -0.15) is 5.26 Å². The van der Waals surface area contributed by atoms with E-state index in [-0.39, 0.29) is 23.6 Å². The zero-order valence-electron chi connectivity index (χ0n) is 12.5. The molecule has 2 aromatic carbocycles. The monoisotopic (exact) mass is 345 g/mol. The van der Waals surface area contributed by atoms with E-state index in [1.807, 2.05) is 0 Å². The van der Waals surface area contributed by atoms with Crippen molar-refractivity contribution in [3.05, 3.63) is 64.4 Å². The van der Waals surface area contributed by atoms with Crippen molar-refractivity contribution in [2.24, 2.45) is 0 Å². The summed E-state index contributed by atoms with van der Waals surface area (Å²) in [6, 6.07) is 12.5. The summed E-state index contributed by atoms with van der Waals surface area (Å²) >= 11 is 5.88. The molecule has 0 saturated heterocycles. The first kappa shape index (κ1) is 17.4. The lowest BCUT2D eigenvalue weighted by atomic mass is 10.1. The Hall–Kier alpha value is -2.91.